The lowest BCUT2D eigenvalue weighted by Crippen LogP contribution is -2.46. The highest BCUT2D eigenvalue weighted by molar-refractivity contribution is 5.61. The van der Waals surface area contributed by atoms with E-state index in [0.717, 1.165) is 55.2 Å². The van der Waals surface area contributed by atoms with Crippen molar-refractivity contribution in [2.24, 2.45) is 5.92 Å². The molecule has 2 atom stereocenters. The summed E-state index contributed by atoms with van der Waals surface area (Å²) >= 11 is 0. The lowest BCUT2D eigenvalue weighted by molar-refractivity contribution is 0.114. The van der Waals surface area contributed by atoms with Gasteiger partial charge in [0.2, 0.25) is 0 Å². The summed E-state index contributed by atoms with van der Waals surface area (Å²) in [5, 5.41) is 0. The van der Waals surface area contributed by atoms with Gasteiger partial charge < -0.3 is 15.0 Å². The highest BCUT2D eigenvalue weighted by Gasteiger charge is 2.35. The molecule has 2 N–H and O–H groups in total. The van der Waals surface area contributed by atoms with E-state index in [4.69, 9.17) is 10.5 Å². The van der Waals surface area contributed by atoms with E-state index in [0.29, 0.717) is 23.3 Å². The number of likely N-dealkylation sites (tertiary alicyclic amines) is 1. The first-order valence-corrected chi connectivity index (χ1v) is 10.1. The molecule has 0 aromatic carbocycles. The fraction of sp³-hybridized carbons (Fsp3) is 0.364. The van der Waals surface area contributed by atoms with Crippen molar-refractivity contribution in [2.45, 2.75) is 25.4 Å². The number of hydrogen-bond donors (Lipinski definition) is 1. The van der Waals surface area contributed by atoms with E-state index in [9.17, 15) is 4.79 Å². The molecule has 2 bridgehead atoms. The number of rotatable bonds is 4. The molecular weight excluding hydrogens is 380 g/mol. The van der Waals surface area contributed by atoms with Crippen molar-refractivity contribution < 1.29 is 4.74 Å². The van der Waals surface area contributed by atoms with Gasteiger partial charge in [-0.2, -0.15) is 0 Å². The third kappa shape index (κ3) is 3.54. The molecular formula is C22H24N6O2. The van der Waals surface area contributed by atoms with Gasteiger partial charge in [-0.1, -0.05) is 0 Å². The number of piperidine rings is 1. The molecule has 30 heavy (non-hydrogen) atoms. The summed E-state index contributed by atoms with van der Waals surface area (Å²) in [6.07, 6.45) is 6.14. The zero-order valence-electron chi connectivity index (χ0n) is 16.9. The second-order valence-electron chi connectivity index (χ2n) is 8.17. The maximum atomic E-state index is 12.9. The Morgan fingerprint density at radius 3 is 2.87 bits per heavy atom. The molecule has 3 aromatic heterocycles. The van der Waals surface area contributed by atoms with Crippen LogP contribution in [-0.4, -0.2) is 44.6 Å². The Labute approximate surface area is 174 Å². The number of anilines is 1. The number of fused-ring (bicyclic) bond motifs is 4. The van der Waals surface area contributed by atoms with Crippen molar-refractivity contribution in [3.63, 3.8) is 0 Å². The van der Waals surface area contributed by atoms with Crippen molar-refractivity contribution in [2.75, 3.05) is 25.9 Å². The predicted octanol–water partition coefficient (Wildman–Crippen LogP) is 1.91. The minimum atomic E-state index is 0.0276. The number of aromatic nitrogens is 4. The fourth-order valence-electron chi connectivity index (χ4n) is 4.79. The number of pyridine rings is 2. The van der Waals surface area contributed by atoms with Gasteiger partial charge in [-0.05, 0) is 30.0 Å². The van der Waals surface area contributed by atoms with E-state index in [-0.39, 0.29) is 5.56 Å². The van der Waals surface area contributed by atoms with Crippen LogP contribution in [0, 0.1) is 5.92 Å². The molecule has 2 aliphatic heterocycles. The summed E-state index contributed by atoms with van der Waals surface area (Å²) in [7, 11) is 1.66. The summed E-state index contributed by atoms with van der Waals surface area (Å²) < 4.78 is 7.25. The van der Waals surface area contributed by atoms with Crippen molar-refractivity contribution >= 4 is 5.82 Å². The quantitative estimate of drug-likeness (QED) is 0.709. The molecule has 154 valence electrons. The van der Waals surface area contributed by atoms with Crippen LogP contribution in [0.3, 0.4) is 0 Å². The first-order chi connectivity index (χ1) is 14.6. The summed E-state index contributed by atoms with van der Waals surface area (Å²) in [5.41, 5.74) is 9.54. The van der Waals surface area contributed by atoms with Crippen LogP contribution in [0.2, 0.25) is 0 Å². The Morgan fingerprint density at radius 2 is 2.03 bits per heavy atom. The average molecular weight is 404 g/mol. The van der Waals surface area contributed by atoms with Crippen LogP contribution in [0.15, 0.2) is 47.8 Å². The van der Waals surface area contributed by atoms with Crippen LogP contribution in [0.5, 0.6) is 5.75 Å². The van der Waals surface area contributed by atoms with Gasteiger partial charge in [0.1, 0.15) is 17.9 Å². The molecule has 0 amide bonds. The topological polar surface area (TPSA) is 99.2 Å². The van der Waals surface area contributed by atoms with Gasteiger partial charge >= 0.3 is 0 Å². The van der Waals surface area contributed by atoms with Gasteiger partial charge in [-0.15, -0.1) is 0 Å². The van der Waals surface area contributed by atoms with E-state index in [2.05, 4.69) is 25.9 Å². The number of ether oxygens (including phenoxy) is 1. The molecule has 2 aliphatic rings. The van der Waals surface area contributed by atoms with Gasteiger partial charge in [-0.3, -0.25) is 14.7 Å². The summed E-state index contributed by atoms with van der Waals surface area (Å²) in [4.78, 5) is 27.8. The zero-order valence-corrected chi connectivity index (χ0v) is 16.9. The van der Waals surface area contributed by atoms with E-state index < -0.39 is 0 Å². The molecule has 8 nitrogen and oxygen atoms in total. The second kappa shape index (κ2) is 7.53. The van der Waals surface area contributed by atoms with Crippen molar-refractivity contribution in [3.8, 4) is 17.0 Å². The van der Waals surface area contributed by atoms with Gasteiger partial charge in [0, 0.05) is 61.7 Å². The van der Waals surface area contributed by atoms with Gasteiger partial charge in [0.25, 0.3) is 5.56 Å². The van der Waals surface area contributed by atoms with Crippen LogP contribution < -0.4 is 16.0 Å². The molecule has 0 unspecified atom stereocenters. The van der Waals surface area contributed by atoms with Crippen molar-refractivity contribution in [1.29, 1.82) is 0 Å². The van der Waals surface area contributed by atoms with Crippen LogP contribution in [0.1, 0.15) is 23.6 Å². The molecule has 3 aromatic rings. The predicted molar refractivity (Wildman–Crippen MR) is 113 cm³/mol. The Morgan fingerprint density at radius 1 is 1.13 bits per heavy atom. The van der Waals surface area contributed by atoms with Gasteiger partial charge in [0.05, 0.1) is 19.0 Å². The normalized spacial score (nSPS) is 20.6. The van der Waals surface area contributed by atoms with Crippen LogP contribution in [0.25, 0.3) is 11.3 Å². The molecule has 0 aliphatic carbocycles. The highest BCUT2D eigenvalue weighted by Crippen LogP contribution is 2.37. The molecule has 0 saturated carbocycles. The first-order valence-electron chi connectivity index (χ1n) is 10.1. The number of nitrogens with zero attached hydrogens (tertiary/aromatic N) is 5. The first kappa shape index (κ1) is 18.7. The van der Waals surface area contributed by atoms with E-state index in [1.165, 1.54) is 6.33 Å². The third-order valence-electron chi connectivity index (χ3n) is 6.03. The number of nitrogen functional groups attached to an aromatic ring is 1. The van der Waals surface area contributed by atoms with E-state index in [1.807, 2.05) is 16.8 Å². The summed E-state index contributed by atoms with van der Waals surface area (Å²) in [5.74, 6) is 1.94. The number of methoxy groups -OCH3 is 1. The lowest BCUT2D eigenvalue weighted by atomic mass is 9.82. The minimum Gasteiger partial charge on any atom is -0.495 e. The summed E-state index contributed by atoms with van der Waals surface area (Å²) in [6, 6.07) is 7.50. The number of nitrogens with two attached hydrogens (primary N) is 1. The molecule has 5 rings (SSSR count). The zero-order chi connectivity index (χ0) is 20.7. The molecule has 0 spiro atoms. The SMILES string of the molecule is COc1cncc(CN2C[C@@H]3C[C@H](C2)c2cc(-c4cc(N)ncn4)cc(=O)n2C3)c1. The van der Waals surface area contributed by atoms with Gasteiger partial charge in [-0.25, -0.2) is 9.97 Å². The average Bonchev–Trinajstić information content (AvgIpc) is 2.74. The molecule has 8 heteroatoms. The maximum Gasteiger partial charge on any atom is 0.251 e. The molecule has 1 fully saturated rings. The fourth-order valence-corrected chi connectivity index (χ4v) is 4.79. The van der Waals surface area contributed by atoms with Crippen LogP contribution >= 0.6 is 0 Å². The van der Waals surface area contributed by atoms with E-state index >= 15 is 0 Å². The standard InChI is InChI=1S/C22H24N6O2/c1-30-18-3-14(7-24-8-18)9-27-10-15-2-17(12-27)20-4-16(5-22(29)28(20)11-15)19-6-21(23)26-13-25-19/h3-8,13,15,17H,2,9-12H2,1H3,(H2,23,25,26)/t15-,17+/m0/s1. The van der Waals surface area contributed by atoms with Crippen LogP contribution in [0.4, 0.5) is 5.82 Å². The Balaban J connectivity index is 1.44. The Hall–Kier alpha value is -3.26. The highest BCUT2D eigenvalue weighted by atomic mass is 16.5. The molecule has 0 radical (unpaired) electrons. The van der Waals surface area contributed by atoms with Crippen molar-refractivity contribution in [1.82, 2.24) is 24.4 Å². The molecule has 1 saturated heterocycles. The van der Waals surface area contributed by atoms with Crippen molar-refractivity contribution in [3.05, 3.63) is 64.6 Å². The van der Waals surface area contributed by atoms with E-state index in [1.54, 1.807) is 25.4 Å². The largest absolute Gasteiger partial charge is 0.495 e. The maximum absolute atomic E-state index is 12.9. The second-order valence-corrected chi connectivity index (χ2v) is 8.17. The minimum absolute atomic E-state index is 0.0276. The Kier molecular flexibility index (Phi) is 4.71. The van der Waals surface area contributed by atoms with Crippen LogP contribution in [-0.2, 0) is 13.1 Å². The lowest BCUT2D eigenvalue weighted by Gasteiger charge is -2.43. The number of hydrogen-bond acceptors (Lipinski definition) is 7. The third-order valence-corrected chi connectivity index (χ3v) is 6.03. The van der Waals surface area contributed by atoms with Gasteiger partial charge in [0.15, 0.2) is 0 Å². The summed E-state index contributed by atoms with van der Waals surface area (Å²) in [6.45, 7) is 3.46. The monoisotopic (exact) mass is 404 g/mol. The smallest absolute Gasteiger partial charge is 0.251 e. The Bertz CT molecular complexity index is 1140. The molecule has 5 heterocycles.